The minimum Gasteiger partial charge on any atom is -0.355 e. The zero-order valence-electron chi connectivity index (χ0n) is 14.7. The number of piperidine rings is 2. The first-order valence-electron chi connectivity index (χ1n) is 9.76. The van der Waals surface area contributed by atoms with Gasteiger partial charge in [0.1, 0.15) is 0 Å². The number of hydrogen-bond donors (Lipinski definition) is 3. The molecule has 3 amide bonds. The second-order valence-corrected chi connectivity index (χ2v) is 7.67. The van der Waals surface area contributed by atoms with Gasteiger partial charge in [-0.3, -0.25) is 4.79 Å². The lowest BCUT2D eigenvalue weighted by atomic mass is 9.96. The van der Waals surface area contributed by atoms with Crippen LogP contribution in [0, 0.1) is 11.8 Å². The van der Waals surface area contributed by atoms with Crippen molar-refractivity contribution >= 4 is 11.9 Å². The first-order valence-corrected chi connectivity index (χ1v) is 9.76. The van der Waals surface area contributed by atoms with Gasteiger partial charge in [-0.05, 0) is 57.5 Å². The highest BCUT2D eigenvalue weighted by molar-refractivity contribution is 5.81. The molecule has 0 radical (unpaired) electrons. The molecular weight excluding hydrogens is 304 g/mol. The van der Waals surface area contributed by atoms with Crippen molar-refractivity contribution in [2.24, 2.45) is 11.8 Å². The van der Waals surface area contributed by atoms with E-state index in [9.17, 15) is 9.59 Å². The topological polar surface area (TPSA) is 73.5 Å². The van der Waals surface area contributed by atoms with Crippen LogP contribution in [0.25, 0.3) is 0 Å². The van der Waals surface area contributed by atoms with Gasteiger partial charge >= 0.3 is 6.03 Å². The molecule has 2 aliphatic heterocycles. The quantitative estimate of drug-likeness (QED) is 0.728. The molecule has 1 saturated carbocycles. The highest BCUT2D eigenvalue weighted by atomic mass is 16.2. The van der Waals surface area contributed by atoms with Crippen molar-refractivity contribution in [3.8, 4) is 0 Å². The number of likely N-dealkylation sites (tertiary alicyclic amines) is 1. The zero-order chi connectivity index (χ0) is 16.8. The van der Waals surface area contributed by atoms with Crippen molar-refractivity contribution in [2.75, 3.05) is 32.7 Å². The van der Waals surface area contributed by atoms with Gasteiger partial charge in [-0.2, -0.15) is 0 Å². The van der Waals surface area contributed by atoms with Gasteiger partial charge in [0, 0.05) is 25.7 Å². The lowest BCUT2D eigenvalue weighted by molar-refractivity contribution is -0.126. The Morgan fingerprint density at radius 1 is 1.04 bits per heavy atom. The van der Waals surface area contributed by atoms with Crippen LogP contribution in [0.1, 0.15) is 51.4 Å². The lowest BCUT2D eigenvalue weighted by Crippen LogP contribution is -2.51. The average molecular weight is 336 g/mol. The van der Waals surface area contributed by atoms with E-state index in [4.69, 9.17) is 0 Å². The highest BCUT2D eigenvalue weighted by Crippen LogP contribution is 2.20. The second-order valence-electron chi connectivity index (χ2n) is 7.67. The predicted molar refractivity (Wildman–Crippen MR) is 93.7 cm³/mol. The van der Waals surface area contributed by atoms with Gasteiger partial charge in [-0.25, -0.2) is 4.79 Å². The molecule has 0 aromatic carbocycles. The normalized spacial score (nSPS) is 28.6. The summed E-state index contributed by atoms with van der Waals surface area (Å²) in [6, 6.07) is 0.362. The van der Waals surface area contributed by atoms with Crippen LogP contribution in [0.4, 0.5) is 4.79 Å². The van der Waals surface area contributed by atoms with Crippen LogP contribution in [0.15, 0.2) is 0 Å². The Bertz CT molecular complexity index is 431. The van der Waals surface area contributed by atoms with E-state index >= 15 is 0 Å². The molecule has 0 aromatic rings. The summed E-state index contributed by atoms with van der Waals surface area (Å²) in [7, 11) is 0. The molecule has 0 bridgehead atoms. The Morgan fingerprint density at radius 2 is 1.88 bits per heavy atom. The largest absolute Gasteiger partial charge is 0.355 e. The van der Waals surface area contributed by atoms with Crippen molar-refractivity contribution in [1.82, 2.24) is 20.9 Å². The second kappa shape index (κ2) is 8.70. The van der Waals surface area contributed by atoms with E-state index in [1.54, 1.807) is 0 Å². The van der Waals surface area contributed by atoms with E-state index in [-0.39, 0.29) is 17.9 Å². The van der Waals surface area contributed by atoms with Crippen LogP contribution in [0.5, 0.6) is 0 Å². The van der Waals surface area contributed by atoms with Crippen LogP contribution in [-0.4, -0.2) is 55.6 Å². The average Bonchev–Trinajstić information content (AvgIpc) is 3.13. The zero-order valence-corrected chi connectivity index (χ0v) is 14.7. The third kappa shape index (κ3) is 4.85. The molecule has 2 atom stereocenters. The number of amides is 3. The first-order chi connectivity index (χ1) is 11.7. The number of urea groups is 1. The number of nitrogens with zero attached hydrogens (tertiary/aromatic N) is 1. The Hall–Kier alpha value is -1.30. The molecule has 3 aliphatic rings. The maximum Gasteiger partial charge on any atom is 0.317 e. The monoisotopic (exact) mass is 336 g/mol. The molecule has 6 heteroatoms. The Labute approximate surface area is 145 Å². The minimum absolute atomic E-state index is 0.0240. The van der Waals surface area contributed by atoms with Gasteiger partial charge in [-0.1, -0.05) is 12.8 Å². The van der Waals surface area contributed by atoms with E-state index in [0.29, 0.717) is 18.5 Å². The molecule has 0 aromatic heterocycles. The van der Waals surface area contributed by atoms with Crippen molar-refractivity contribution in [3.05, 3.63) is 0 Å². The van der Waals surface area contributed by atoms with Crippen LogP contribution in [-0.2, 0) is 4.79 Å². The number of rotatable bonds is 4. The van der Waals surface area contributed by atoms with Crippen molar-refractivity contribution in [3.63, 3.8) is 0 Å². The number of nitrogens with one attached hydrogen (secondary N) is 3. The molecule has 2 heterocycles. The smallest absolute Gasteiger partial charge is 0.317 e. The molecule has 2 saturated heterocycles. The van der Waals surface area contributed by atoms with E-state index < -0.39 is 0 Å². The number of hydrogen-bond acceptors (Lipinski definition) is 3. The lowest BCUT2D eigenvalue weighted by Gasteiger charge is -2.33. The fourth-order valence-corrected chi connectivity index (χ4v) is 4.20. The van der Waals surface area contributed by atoms with Crippen LogP contribution >= 0.6 is 0 Å². The standard InChI is InChI=1S/C18H32N4O2/c23-17(20-12-14-5-3-9-19-11-14)15-6-4-10-22(13-15)18(24)21-16-7-1-2-8-16/h14-16,19H,1-13H2,(H,20,23)(H,21,24). The summed E-state index contributed by atoms with van der Waals surface area (Å²) in [5.41, 5.74) is 0. The SMILES string of the molecule is O=C(NCC1CCCNC1)C1CCCN(C(=O)NC2CCCC2)C1. The van der Waals surface area contributed by atoms with E-state index in [2.05, 4.69) is 16.0 Å². The van der Waals surface area contributed by atoms with Crippen molar-refractivity contribution in [2.45, 2.75) is 57.4 Å². The van der Waals surface area contributed by atoms with Gasteiger partial charge in [-0.15, -0.1) is 0 Å². The maximum absolute atomic E-state index is 12.5. The van der Waals surface area contributed by atoms with Crippen molar-refractivity contribution < 1.29 is 9.59 Å². The van der Waals surface area contributed by atoms with Gasteiger partial charge < -0.3 is 20.9 Å². The summed E-state index contributed by atoms with van der Waals surface area (Å²) < 4.78 is 0. The molecule has 3 rings (SSSR count). The molecule has 3 N–H and O–H groups in total. The van der Waals surface area contributed by atoms with Crippen LogP contribution in [0.3, 0.4) is 0 Å². The highest BCUT2D eigenvalue weighted by Gasteiger charge is 2.30. The molecule has 24 heavy (non-hydrogen) atoms. The summed E-state index contributed by atoms with van der Waals surface area (Å²) in [5.74, 6) is 0.622. The van der Waals surface area contributed by atoms with Gasteiger partial charge in [0.15, 0.2) is 0 Å². The molecule has 1 aliphatic carbocycles. The number of carbonyl (C=O) groups is 2. The van der Waals surface area contributed by atoms with Gasteiger partial charge in [0.05, 0.1) is 5.92 Å². The predicted octanol–water partition coefficient (Wildman–Crippen LogP) is 1.47. The van der Waals surface area contributed by atoms with Gasteiger partial charge in [0.25, 0.3) is 0 Å². The Kier molecular flexibility index (Phi) is 6.35. The Balaban J connectivity index is 1.41. The van der Waals surface area contributed by atoms with E-state index in [1.807, 2.05) is 4.90 Å². The Morgan fingerprint density at radius 3 is 2.62 bits per heavy atom. The summed E-state index contributed by atoms with van der Waals surface area (Å²) >= 11 is 0. The third-order valence-corrected chi connectivity index (χ3v) is 5.73. The maximum atomic E-state index is 12.5. The molecular formula is C18H32N4O2. The van der Waals surface area contributed by atoms with Crippen LogP contribution in [0.2, 0.25) is 0 Å². The van der Waals surface area contributed by atoms with Crippen LogP contribution < -0.4 is 16.0 Å². The minimum atomic E-state index is -0.0513. The molecule has 136 valence electrons. The molecule has 0 spiro atoms. The molecule has 2 unspecified atom stereocenters. The fraction of sp³-hybridized carbons (Fsp3) is 0.889. The number of carbonyl (C=O) groups excluding carboxylic acids is 2. The summed E-state index contributed by atoms with van der Waals surface area (Å²) in [6.45, 7) is 4.19. The fourth-order valence-electron chi connectivity index (χ4n) is 4.20. The summed E-state index contributed by atoms with van der Waals surface area (Å²) in [6.07, 6.45) is 8.81. The third-order valence-electron chi connectivity index (χ3n) is 5.73. The molecule has 6 nitrogen and oxygen atoms in total. The first kappa shape index (κ1) is 17.5. The van der Waals surface area contributed by atoms with E-state index in [1.165, 1.54) is 25.7 Å². The van der Waals surface area contributed by atoms with Crippen molar-refractivity contribution in [1.29, 1.82) is 0 Å². The summed E-state index contributed by atoms with van der Waals surface area (Å²) in [4.78, 5) is 26.7. The van der Waals surface area contributed by atoms with E-state index in [0.717, 1.165) is 51.9 Å². The van der Waals surface area contributed by atoms with Gasteiger partial charge in [0.2, 0.25) is 5.91 Å². The summed E-state index contributed by atoms with van der Waals surface area (Å²) in [5, 5.41) is 9.64. The molecule has 3 fully saturated rings.